The van der Waals surface area contributed by atoms with Gasteiger partial charge in [-0.05, 0) is 12.1 Å². The van der Waals surface area contributed by atoms with E-state index in [9.17, 15) is 4.79 Å². The zero-order valence-electron chi connectivity index (χ0n) is 17.8. The van der Waals surface area contributed by atoms with Gasteiger partial charge in [0.1, 0.15) is 12.1 Å². The van der Waals surface area contributed by atoms with E-state index in [1.807, 2.05) is 59.5 Å². The molecule has 32 heavy (non-hydrogen) atoms. The number of para-hydroxylation sites is 1. The summed E-state index contributed by atoms with van der Waals surface area (Å²) in [5, 5.41) is 7.61. The van der Waals surface area contributed by atoms with Crippen LogP contribution in [-0.2, 0) is 4.79 Å². The largest absolute Gasteiger partial charge is 0.369 e. The van der Waals surface area contributed by atoms with Gasteiger partial charge in [0.25, 0.3) is 5.78 Å². The van der Waals surface area contributed by atoms with Crippen LogP contribution in [0.2, 0.25) is 0 Å². The van der Waals surface area contributed by atoms with Crippen LogP contribution in [0.5, 0.6) is 0 Å². The molecule has 0 atom stereocenters. The monoisotopic (exact) mass is 427 g/mol. The lowest BCUT2D eigenvalue weighted by atomic mass is 10.1. The number of nitrogens with zero attached hydrogens (tertiary/aromatic N) is 6. The van der Waals surface area contributed by atoms with E-state index in [-0.39, 0.29) is 5.91 Å². The lowest BCUT2D eigenvalue weighted by Crippen LogP contribution is -2.49. The quantitative estimate of drug-likeness (QED) is 0.510. The zero-order valence-corrected chi connectivity index (χ0v) is 17.8. The van der Waals surface area contributed by atoms with Gasteiger partial charge in [0.2, 0.25) is 5.91 Å². The van der Waals surface area contributed by atoms with Gasteiger partial charge in [-0.15, -0.1) is 0 Å². The molecule has 0 unspecified atom stereocenters. The Bertz CT molecular complexity index is 1180. The van der Waals surface area contributed by atoms with Gasteiger partial charge in [-0.25, -0.2) is 4.98 Å². The van der Waals surface area contributed by atoms with Gasteiger partial charge in [0, 0.05) is 56.5 Å². The predicted octanol–water partition coefficient (Wildman–Crippen LogP) is 2.94. The maximum absolute atomic E-state index is 12.8. The average molecular weight is 428 g/mol. The van der Waals surface area contributed by atoms with Crippen molar-refractivity contribution >= 4 is 23.2 Å². The van der Waals surface area contributed by atoms with Crippen molar-refractivity contribution in [2.75, 3.05) is 42.9 Å². The van der Waals surface area contributed by atoms with Crippen molar-refractivity contribution in [3.05, 3.63) is 73.1 Å². The molecule has 1 aliphatic rings. The van der Waals surface area contributed by atoms with Crippen LogP contribution in [0.4, 0.5) is 11.5 Å². The van der Waals surface area contributed by atoms with Crippen molar-refractivity contribution in [2.24, 2.45) is 0 Å². The number of anilines is 2. The molecule has 0 spiro atoms. The Labute approximate surface area is 186 Å². The standard InChI is InChI=1S/C24H25N7O/c32-23(30-15-13-29(14-16-30)20-9-5-2-6-10-20)11-12-25-22-17-21(19-7-3-1-4-8-19)28-24-26-18-27-31(22)24/h1-10,17-18,25H,11-16H2. The third kappa shape index (κ3) is 4.25. The topological polar surface area (TPSA) is 78.7 Å². The molecular weight excluding hydrogens is 402 g/mol. The van der Waals surface area contributed by atoms with E-state index in [1.54, 1.807) is 4.52 Å². The summed E-state index contributed by atoms with van der Waals surface area (Å²) >= 11 is 0. The molecule has 1 fully saturated rings. The van der Waals surface area contributed by atoms with Gasteiger partial charge in [0.15, 0.2) is 0 Å². The van der Waals surface area contributed by atoms with Crippen molar-refractivity contribution in [1.82, 2.24) is 24.5 Å². The minimum absolute atomic E-state index is 0.164. The number of aromatic nitrogens is 4. The second kappa shape index (κ2) is 9.05. The van der Waals surface area contributed by atoms with Crippen LogP contribution in [0, 0.1) is 0 Å². The first-order chi connectivity index (χ1) is 15.8. The van der Waals surface area contributed by atoms with Crippen LogP contribution in [0.25, 0.3) is 17.0 Å². The highest BCUT2D eigenvalue weighted by Crippen LogP contribution is 2.21. The number of amides is 1. The van der Waals surface area contributed by atoms with Crippen LogP contribution >= 0.6 is 0 Å². The molecule has 4 aromatic rings. The normalized spacial score (nSPS) is 14.0. The van der Waals surface area contributed by atoms with Gasteiger partial charge in [-0.2, -0.15) is 14.6 Å². The Balaban J connectivity index is 1.19. The second-order valence-electron chi connectivity index (χ2n) is 7.74. The number of nitrogens with one attached hydrogen (secondary N) is 1. The summed E-state index contributed by atoms with van der Waals surface area (Å²) in [6, 6.07) is 22.3. The lowest BCUT2D eigenvalue weighted by Gasteiger charge is -2.36. The third-order valence-corrected chi connectivity index (χ3v) is 5.72. The number of fused-ring (bicyclic) bond motifs is 1. The third-order valence-electron chi connectivity index (χ3n) is 5.72. The molecule has 1 amide bonds. The van der Waals surface area contributed by atoms with Gasteiger partial charge in [-0.1, -0.05) is 48.5 Å². The molecule has 8 heteroatoms. The molecular formula is C24H25N7O. The Morgan fingerprint density at radius 3 is 2.41 bits per heavy atom. The molecule has 0 bridgehead atoms. The van der Waals surface area contributed by atoms with Gasteiger partial charge >= 0.3 is 0 Å². The Morgan fingerprint density at radius 1 is 0.938 bits per heavy atom. The molecule has 0 saturated carbocycles. The second-order valence-corrected chi connectivity index (χ2v) is 7.74. The highest BCUT2D eigenvalue weighted by molar-refractivity contribution is 5.77. The molecule has 8 nitrogen and oxygen atoms in total. The number of hydrogen-bond donors (Lipinski definition) is 1. The van der Waals surface area contributed by atoms with Crippen LogP contribution in [0.15, 0.2) is 73.1 Å². The molecule has 0 radical (unpaired) electrons. The summed E-state index contributed by atoms with van der Waals surface area (Å²) in [7, 11) is 0. The maximum atomic E-state index is 12.8. The summed E-state index contributed by atoms with van der Waals surface area (Å²) in [6.45, 7) is 3.72. The van der Waals surface area contributed by atoms with Crippen molar-refractivity contribution in [1.29, 1.82) is 0 Å². The molecule has 0 aliphatic carbocycles. The van der Waals surface area contributed by atoms with E-state index < -0.39 is 0 Å². The average Bonchev–Trinajstić information content (AvgIpc) is 3.34. The first-order valence-corrected chi connectivity index (χ1v) is 10.9. The Kier molecular flexibility index (Phi) is 5.65. The maximum Gasteiger partial charge on any atom is 0.254 e. The van der Waals surface area contributed by atoms with E-state index in [0.717, 1.165) is 43.3 Å². The van der Waals surface area contributed by atoms with Crippen LogP contribution in [-0.4, -0.2) is 63.1 Å². The zero-order chi connectivity index (χ0) is 21.8. The molecule has 162 valence electrons. The van der Waals surface area contributed by atoms with E-state index >= 15 is 0 Å². The van der Waals surface area contributed by atoms with Crippen molar-refractivity contribution in [3.63, 3.8) is 0 Å². The molecule has 1 saturated heterocycles. The fraction of sp³-hybridized carbons (Fsp3) is 0.250. The Hall–Kier alpha value is -3.94. The molecule has 3 heterocycles. The first-order valence-electron chi connectivity index (χ1n) is 10.9. The van der Waals surface area contributed by atoms with E-state index in [4.69, 9.17) is 0 Å². The smallest absolute Gasteiger partial charge is 0.254 e. The number of piperazine rings is 1. The van der Waals surface area contributed by atoms with Crippen molar-refractivity contribution in [3.8, 4) is 11.3 Å². The van der Waals surface area contributed by atoms with Crippen LogP contribution in [0.3, 0.4) is 0 Å². The fourth-order valence-corrected chi connectivity index (χ4v) is 4.00. The summed E-state index contributed by atoms with van der Waals surface area (Å²) < 4.78 is 1.66. The highest BCUT2D eigenvalue weighted by atomic mass is 16.2. The van der Waals surface area contributed by atoms with Crippen LogP contribution in [0.1, 0.15) is 6.42 Å². The van der Waals surface area contributed by atoms with Gasteiger partial charge in [0.05, 0.1) is 5.69 Å². The fourth-order valence-electron chi connectivity index (χ4n) is 4.00. The van der Waals surface area contributed by atoms with Crippen LogP contribution < -0.4 is 10.2 Å². The number of rotatable bonds is 6. The van der Waals surface area contributed by atoms with E-state index in [0.29, 0.717) is 18.7 Å². The molecule has 5 rings (SSSR count). The van der Waals surface area contributed by atoms with Gasteiger partial charge < -0.3 is 15.1 Å². The minimum atomic E-state index is 0.164. The molecule has 2 aromatic carbocycles. The highest BCUT2D eigenvalue weighted by Gasteiger charge is 2.21. The van der Waals surface area contributed by atoms with E-state index in [1.165, 1.54) is 12.0 Å². The predicted molar refractivity (Wildman–Crippen MR) is 125 cm³/mol. The number of hydrogen-bond acceptors (Lipinski definition) is 6. The minimum Gasteiger partial charge on any atom is -0.369 e. The number of carbonyl (C=O) groups is 1. The van der Waals surface area contributed by atoms with Crippen molar-refractivity contribution in [2.45, 2.75) is 6.42 Å². The summed E-state index contributed by atoms with van der Waals surface area (Å²) in [4.78, 5) is 25.9. The molecule has 1 aliphatic heterocycles. The number of carbonyl (C=O) groups excluding carboxylic acids is 1. The summed E-state index contributed by atoms with van der Waals surface area (Å²) in [6.07, 6.45) is 1.91. The summed E-state index contributed by atoms with van der Waals surface area (Å²) in [5.41, 5.74) is 3.04. The lowest BCUT2D eigenvalue weighted by molar-refractivity contribution is -0.131. The molecule has 1 N–H and O–H groups in total. The van der Waals surface area contributed by atoms with Gasteiger partial charge in [-0.3, -0.25) is 4.79 Å². The van der Waals surface area contributed by atoms with E-state index in [2.05, 4.69) is 37.4 Å². The number of benzene rings is 2. The molecule has 2 aromatic heterocycles. The Morgan fingerprint density at radius 2 is 1.66 bits per heavy atom. The van der Waals surface area contributed by atoms with Crippen molar-refractivity contribution < 1.29 is 4.79 Å². The summed E-state index contributed by atoms with van der Waals surface area (Å²) in [5.74, 6) is 1.46. The first kappa shape index (κ1) is 20.0. The SMILES string of the molecule is O=C(CCNc1cc(-c2ccccc2)nc2ncnn12)N1CCN(c2ccccc2)CC1.